The van der Waals surface area contributed by atoms with Crippen molar-refractivity contribution in [1.29, 1.82) is 0 Å². The summed E-state index contributed by atoms with van der Waals surface area (Å²) in [6.07, 6.45) is 6.00. The van der Waals surface area contributed by atoms with Crippen molar-refractivity contribution < 1.29 is 4.79 Å². The van der Waals surface area contributed by atoms with Crippen LogP contribution in [0.15, 0.2) is 35.1 Å². The fourth-order valence-corrected chi connectivity index (χ4v) is 2.81. The van der Waals surface area contributed by atoms with E-state index in [2.05, 4.69) is 42.2 Å². The highest BCUT2D eigenvalue weighted by atomic mass is 79.9. The maximum Gasteiger partial charge on any atom is 0.267 e. The summed E-state index contributed by atoms with van der Waals surface area (Å²) in [5.74, 6) is 0.891. The first kappa shape index (κ1) is 14.1. The van der Waals surface area contributed by atoms with Gasteiger partial charge in [-0.25, -0.2) is 4.98 Å². The highest BCUT2D eigenvalue weighted by molar-refractivity contribution is 9.10. The molecule has 1 aliphatic rings. The minimum absolute atomic E-state index is 0.111. The molecule has 5 nitrogen and oxygen atoms in total. The summed E-state index contributed by atoms with van der Waals surface area (Å²) >= 11 is 3.32. The maximum atomic E-state index is 12.0. The van der Waals surface area contributed by atoms with Crippen LogP contribution in [-0.2, 0) is 6.54 Å². The van der Waals surface area contributed by atoms with Crippen LogP contribution in [0.1, 0.15) is 28.9 Å². The number of carbonyl (C=O) groups is 1. The molecule has 6 heteroatoms. The molecule has 1 amide bonds. The Kier molecular flexibility index (Phi) is 4.24. The monoisotopic (exact) mass is 348 g/mol. The van der Waals surface area contributed by atoms with E-state index in [1.54, 1.807) is 18.5 Å². The van der Waals surface area contributed by atoms with Gasteiger partial charge in [0.25, 0.3) is 5.91 Å². The maximum absolute atomic E-state index is 12.0. The topological polar surface area (TPSA) is 61.0 Å². The number of hydrogen-bond acceptors (Lipinski definition) is 3. The average molecular weight is 349 g/mol. The number of amides is 1. The van der Waals surface area contributed by atoms with Gasteiger partial charge in [-0.15, -0.1) is 0 Å². The van der Waals surface area contributed by atoms with Crippen molar-refractivity contribution in [2.75, 3.05) is 18.0 Å². The summed E-state index contributed by atoms with van der Waals surface area (Å²) in [6.45, 7) is 2.64. The molecule has 21 heavy (non-hydrogen) atoms. The SMILES string of the molecule is O=C(NCc1ccnc(N2CCCC2)c1)c1cc(Br)c[nH]1. The fourth-order valence-electron chi connectivity index (χ4n) is 2.47. The van der Waals surface area contributed by atoms with Gasteiger partial charge in [-0.1, -0.05) is 0 Å². The third-order valence-electron chi connectivity index (χ3n) is 3.59. The summed E-state index contributed by atoms with van der Waals surface area (Å²) in [7, 11) is 0. The molecule has 1 saturated heterocycles. The lowest BCUT2D eigenvalue weighted by Crippen LogP contribution is -2.24. The van der Waals surface area contributed by atoms with Crippen LogP contribution in [-0.4, -0.2) is 29.0 Å². The molecule has 0 aliphatic carbocycles. The Labute approximate surface area is 131 Å². The predicted molar refractivity (Wildman–Crippen MR) is 85.3 cm³/mol. The minimum Gasteiger partial charge on any atom is -0.357 e. The molecule has 0 radical (unpaired) electrons. The molecule has 0 unspecified atom stereocenters. The van der Waals surface area contributed by atoms with Crippen LogP contribution < -0.4 is 10.2 Å². The predicted octanol–water partition coefficient (Wildman–Crippen LogP) is 2.70. The van der Waals surface area contributed by atoms with E-state index in [0.717, 1.165) is 28.9 Å². The first-order valence-electron chi connectivity index (χ1n) is 7.04. The Bertz CT molecular complexity index is 634. The van der Waals surface area contributed by atoms with E-state index in [-0.39, 0.29) is 5.91 Å². The van der Waals surface area contributed by atoms with Crippen molar-refractivity contribution in [2.45, 2.75) is 19.4 Å². The number of rotatable bonds is 4. The molecule has 2 aromatic rings. The normalized spacial score (nSPS) is 14.4. The lowest BCUT2D eigenvalue weighted by Gasteiger charge is -2.16. The van der Waals surface area contributed by atoms with Crippen molar-refractivity contribution in [2.24, 2.45) is 0 Å². The second-order valence-electron chi connectivity index (χ2n) is 5.13. The highest BCUT2D eigenvalue weighted by Gasteiger charge is 2.14. The molecule has 3 heterocycles. The smallest absolute Gasteiger partial charge is 0.267 e. The lowest BCUT2D eigenvalue weighted by atomic mass is 10.2. The Morgan fingerprint density at radius 2 is 2.19 bits per heavy atom. The van der Waals surface area contributed by atoms with Crippen molar-refractivity contribution >= 4 is 27.7 Å². The molecule has 1 aliphatic heterocycles. The first-order chi connectivity index (χ1) is 10.2. The van der Waals surface area contributed by atoms with Gasteiger partial charge < -0.3 is 15.2 Å². The third-order valence-corrected chi connectivity index (χ3v) is 4.04. The minimum atomic E-state index is -0.111. The number of hydrogen-bond donors (Lipinski definition) is 2. The highest BCUT2D eigenvalue weighted by Crippen LogP contribution is 2.18. The second kappa shape index (κ2) is 6.30. The number of nitrogens with one attached hydrogen (secondary N) is 2. The largest absolute Gasteiger partial charge is 0.357 e. The molecule has 0 atom stereocenters. The molecule has 0 spiro atoms. The molecular formula is C15H17BrN4O. The lowest BCUT2D eigenvalue weighted by molar-refractivity contribution is 0.0946. The summed E-state index contributed by atoms with van der Waals surface area (Å²) in [5, 5.41) is 2.91. The zero-order chi connectivity index (χ0) is 14.7. The molecule has 110 valence electrons. The molecule has 0 bridgehead atoms. The molecule has 1 fully saturated rings. The van der Waals surface area contributed by atoms with Crippen molar-refractivity contribution in [3.63, 3.8) is 0 Å². The van der Waals surface area contributed by atoms with Crippen molar-refractivity contribution in [3.05, 3.63) is 46.3 Å². The van der Waals surface area contributed by atoms with Crippen molar-refractivity contribution in [3.8, 4) is 0 Å². The van der Waals surface area contributed by atoms with Crippen LogP contribution >= 0.6 is 15.9 Å². The Balaban J connectivity index is 1.62. The Hall–Kier alpha value is -1.82. The molecule has 3 rings (SSSR count). The third kappa shape index (κ3) is 3.44. The van der Waals surface area contributed by atoms with Crippen LogP contribution in [0.3, 0.4) is 0 Å². The number of H-pyrrole nitrogens is 1. The Morgan fingerprint density at radius 3 is 2.90 bits per heavy atom. The molecular weight excluding hydrogens is 332 g/mol. The molecule has 0 aromatic carbocycles. The van der Waals surface area contributed by atoms with Crippen molar-refractivity contribution in [1.82, 2.24) is 15.3 Å². The fraction of sp³-hybridized carbons (Fsp3) is 0.333. The van der Waals surface area contributed by atoms with Gasteiger partial charge in [-0.2, -0.15) is 0 Å². The summed E-state index contributed by atoms with van der Waals surface area (Å²) in [6, 6.07) is 5.75. The van der Waals surface area contributed by atoms with E-state index in [1.165, 1.54) is 12.8 Å². The summed E-state index contributed by atoms with van der Waals surface area (Å²) in [5.41, 5.74) is 1.61. The summed E-state index contributed by atoms with van der Waals surface area (Å²) < 4.78 is 0.868. The number of anilines is 1. The number of pyridine rings is 1. The van der Waals surface area contributed by atoms with E-state index in [9.17, 15) is 4.79 Å². The van der Waals surface area contributed by atoms with Crippen LogP contribution in [0.2, 0.25) is 0 Å². The quantitative estimate of drug-likeness (QED) is 0.892. The second-order valence-corrected chi connectivity index (χ2v) is 6.05. The Morgan fingerprint density at radius 1 is 1.38 bits per heavy atom. The van der Waals surface area contributed by atoms with Gasteiger partial charge in [0.2, 0.25) is 0 Å². The number of aromatic amines is 1. The van der Waals surface area contributed by atoms with Crippen LogP contribution in [0.4, 0.5) is 5.82 Å². The molecule has 2 aromatic heterocycles. The number of halogens is 1. The van der Waals surface area contributed by atoms with E-state index in [1.807, 2.05) is 6.07 Å². The van der Waals surface area contributed by atoms with Gasteiger partial charge in [0.1, 0.15) is 11.5 Å². The van der Waals surface area contributed by atoms with Gasteiger partial charge in [0, 0.05) is 36.5 Å². The van der Waals surface area contributed by atoms with Crippen LogP contribution in [0.5, 0.6) is 0 Å². The van der Waals surface area contributed by atoms with Gasteiger partial charge in [0.15, 0.2) is 0 Å². The standard InChI is InChI=1S/C15H17BrN4O/c16-12-8-13(18-10-12)15(21)19-9-11-3-4-17-14(7-11)20-5-1-2-6-20/h3-4,7-8,10,18H,1-2,5-6,9H2,(H,19,21). The molecule has 0 saturated carbocycles. The number of aromatic nitrogens is 2. The van der Waals surface area contributed by atoms with E-state index < -0.39 is 0 Å². The van der Waals surface area contributed by atoms with Gasteiger partial charge in [-0.05, 0) is 52.5 Å². The van der Waals surface area contributed by atoms with Gasteiger partial charge >= 0.3 is 0 Å². The van der Waals surface area contributed by atoms with E-state index in [4.69, 9.17) is 0 Å². The van der Waals surface area contributed by atoms with Gasteiger partial charge in [0.05, 0.1) is 0 Å². The first-order valence-corrected chi connectivity index (χ1v) is 7.84. The number of nitrogens with zero attached hydrogens (tertiary/aromatic N) is 2. The average Bonchev–Trinajstić information content (AvgIpc) is 3.16. The zero-order valence-corrected chi connectivity index (χ0v) is 13.2. The number of carbonyl (C=O) groups excluding carboxylic acids is 1. The molecule has 2 N–H and O–H groups in total. The summed E-state index contributed by atoms with van der Waals surface area (Å²) in [4.78, 5) is 21.6. The van der Waals surface area contributed by atoms with Crippen LogP contribution in [0, 0.1) is 0 Å². The van der Waals surface area contributed by atoms with Gasteiger partial charge in [-0.3, -0.25) is 4.79 Å². The van der Waals surface area contributed by atoms with E-state index in [0.29, 0.717) is 12.2 Å². The zero-order valence-electron chi connectivity index (χ0n) is 11.6. The van der Waals surface area contributed by atoms with Crippen LogP contribution in [0.25, 0.3) is 0 Å². The van der Waals surface area contributed by atoms with E-state index >= 15 is 0 Å².